The van der Waals surface area contributed by atoms with E-state index in [9.17, 15) is 0 Å². The van der Waals surface area contributed by atoms with Gasteiger partial charge in [-0.3, -0.25) is 0 Å². The average Bonchev–Trinajstić information content (AvgIpc) is 1.61. The van der Waals surface area contributed by atoms with Crippen LogP contribution in [0.2, 0.25) is 0 Å². The fourth-order valence-corrected chi connectivity index (χ4v) is 3.64. The molecule has 0 radical (unpaired) electrons. The van der Waals surface area contributed by atoms with Gasteiger partial charge in [-0.25, -0.2) is 0 Å². The predicted molar refractivity (Wildman–Crippen MR) is 40.5 cm³/mol. The second-order valence-corrected chi connectivity index (χ2v) is 9.31. The molecule has 0 aromatic heterocycles. The molecule has 0 nitrogen and oxygen atoms in total. The first kappa shape index (κ1) is 9.42. The zero-order valence-corrected chi connectivity index (χ0v) is 8.74. The Hall–Kier alpha value is 1.42. The first-order valence-electron chi connectivity index (χ1n) is 2.10. The van der Waals surface area contributed by atoms with Crippen LogP contribution in [0.5, 0.6) is 0 Å². The Morgan fingerprint density at radius 1 is 1.50 bits per heavy atom. The Morgan fingerprint density at radius 2 is 2.00 bits per heavy atom. The molecule has 0 atom stereocenters. The summed E-state index contributed by atoms with van der Waals surface area (Å²) in [4.78, 5) is 0. The van der Waals surface area contributed by atoms with Crippen LogP contribution in [0.15, 0.2) is 0 Å². The van der Waals surface area contributed by atoms with Crippen molar-refractivity contribution in [3.63, 3.8) is 0 Å². The monoisotopic (exact) mass is 260 g/mol. The molecular formula is C4H8Cl2RuS. The van der Waals surface area contributed by atoms with Crippen LogP contribution in [0.4, 0.5) is 0 Å². The van der Waals surface area contributed by atoms with Crippen LogP contribution in [0.3, 0.4) is 0 Å². The summed E-state index contributed by atoms with van der Waals surface area (Å²) >= 11 is 0.234. The molecule has 0 aliphatic rings. The third-order valence-electron chi connectivity index (χ3n) is 0.383. The molecular weight excluding hydrogens is 252 g/mol. The van der Waals surface area contributed by atoms with Crippen molar-refractivity contribution >= 4 is 35.1 Å². The number of hydrogen-bond donors (Lipinski definition) is 0. The second-order valence-electron chi connectivity index (χ2n) is 1.47. The molecule has 0 aromatic carbocycles. The van der Waals surface area contributed by atoms with Crippen molar-refractivity contribution in [2.45, 2.75) is 19.1 Å². The van der Waals surface area contributed by atoms with Gasteiger partial charge in [0, 0.05) is 0 Å². The van der Waals surface area contributed by atoms with Crippen molar-refractivity contribution < 1.29 is 13.5 Å². The van der Waals surface area contributed by atoms with E-state index in [4.69, 9.17) is 19.4 Å². The SMILES string of the molecule is CC(C)S[CH]=[Ru]([Cl])[Cl]. The fraction of sp³-hybridized carbons (Fsp3) is 0.750. The van der Waals surface area contributed by atoms with Crippen molar-refractivity contribution in [3.8, 4) is 0 Å². The molecule has 0 aliphatic heterocycles. The molecule has 0 rings (SSSR count). The summed E-state index contributed by atoms with van der Waals surface area (Å²) < 4.78 is 1.96. The Kier molecular flexibility index (Phi) is 6.16. The first-order chi connectivity index (χ1) is 3.63. The van der Waals surface area contributed by atoms with Gasteiger partial charge in [0.15, 0.2) is 0 Å². The molecule has 0 amide bonds. The summed E-state index contributed by atoms with van der Waals surface area (Å²) in [6.07, 6.45) is 0. The summed E-state index contributed by atoms with van der Waals surface area (Å²) in [6, 6.07) is 0. The van der Waals surface area contributed by atoms with E-state index in [1.165, 1.54) is 0 Å². The van der Waals surface area contributed by atoms with E-state index in [0.717, 1.165) is 0 Å². The van der Waals surface area contributed by atoms with Crippen LogP contribution >= 0.6 is 31.1 Å². The number of thioether (sulfide) groups is 1. The third-order valence-corrected chi connectivity index (χ3v) is 5.02. The fourth-order valence-electron chi connectivity index (χ4n) is 0.133. The zero-order chi connectivity index (χ0) is 6.57. The quantitative estimate of drug-likeness (QED) is 0.688. The first-order valence-corrected chi connectivity index (χ1v) is 8.52. The van der Waals surface area contributed by atoms with Gasteiger partial charge in [-0.05, 0) is 0 Å². The van der Waals surface area contributed by atoms with Crippen LogP contribution in [-0.4, -0.2) is 9.19 Å². The molecule has 52 valence electrons. The molecule has 0 aliphatic carbocycles. The molecule has 0 aromatic rings. The predicted octanol–water partition coefficient (Wildman–Crippen LogP) is 2.81. The van der Waals surface area contributed by atoms with Crippen LogP contribution in [0.25, 0.3) is 0 Å². The van der Waals surface area contributed by atoms with Gasteiger partial charge in [-0.1, -0.05) is 0 Å². The number of hydrogen-bond acceptors (Lipinski definition) is 1. The maximum absolute atomic E-state index is 5.55. The van der Waals surface area contributed by atoms with Crippen LogP contribution in [0, 0.1) is 0 Å². The minimum absolute atomic E-state index is 0.615. The standard InChI is InChI=1S/C4H8S.2ClH.Ru/c1-4(2)5-3;;;/h3-4H,1-2H3;2*1H;/q;;;+2/p-2. The number of halogens is 2. The van der Waals surface area contributed by atoms with Gasteiger partial charge in [0.05, 0.1) is 0 Å². The maximum atomic E-state index is 5.55. The van der Waals surface area contributed by atoms with Crippen molar-refractivity contribution in [2.24, 2.45) is 0 Å². The van der Waals surface area contributed by atoms with Crippen molar-refractivity contribution in [2.75, 3.05) is 0 Å². The van der Waals surface area contributed by atoms with Crippen LogP contribution in [-0.2, 0) is 13.5 Å². The normalized spacial score (nSPS) is 11.9. The van der Waals surface area contributed by atoms with E-state index in [1.54, 1.807) is 11.8 Å². The second kappa shape index (κ2) is 5.23. The van der Waals surface area contributed by atoms with Gasteiger partial charge in [0.1, 0.15) is 0 Å². The minimum atomic E-state index is -1.48. The molecule has 0 spiro atoms. The Morgan fingerprint density at radius 3 is 2.12 bits per heavy atom. The Balaban J connectivity index is 3.29. The molecule has 0 fully saturated rings. The van der Waals surface area contributed by atoms with Gasteiger partial charge in [-0.15, -0.1) is 0 Å². The molecule has 0 unspecified atom stereocenters. The van der Waals surface area contributed by atoms with E-state index < -0.39 is 13.5 Å². The van der Waals surface area contributed by atoms with Gasteiger partial charge < -0.3 is 0 Å². The summed E-state index contributed by atoms with van der Waals surface area (Å²) in [5.41, 5.74) is 0. The van der Waals surface area contributed by atoms with Gasteiger partial charge in [0.25, 0.3) is 0 Å². The van der Waals surface area contributed by atoms with Crippen molar-refractivity contribution in [3.05, 3.63) is 0 Å². The molecule has 0 heterocycles. The van der Waals surface area contributed by atoms with Gasteiger partial charge in [0.2, 0.25) is 0 Å². The zero-order valence-electron chi connectivity index (χ0n) is 4.67. The summed E-state index contributed by atoms with van der Waals surface area (Å²) in [5.74, 6) is 0. The average molecular weight is 260 g/mol. The third kappa shape index (κ3) is 7.42. The summed E-state index contributed by atoms with van der Waals surface area (Å²) in [7, 11) is 11.1. The molecule has 0 N–H and O–H groups in total. The van der Waals surface area contributed by atoms with E-state index in [-0.39, 0.29) is 0 Å². The Bertz CT molecular complexity index is 88.0. The van der Waals surface area contributed by atoms with Crippen molar-refractivity contribution in [1.82, 2.24) is 0 Å². The summed E-state index contributed by atoms with van der Waals surface area (Å²) in [6.45, 7) is 4.24. The number of rotatable bonds is 2. The molecule has 8 heavy (non-hydrogen) atoms. The van der Waals surface area contributed by atoms with Crippen molar-refractivity contribution in [1.29, 1.82) is 0 Å². The van der Waals surface area contributed by atoms with Crippen LogP contribution < -0.4 is 0 Å². The molecule has 0 saturated carbocycles. The van der Waals surface area contributed by atoms with E-state index in [1.807, 2.05) is 3.94 Å². The van der Waals surface area contributed by atoms with Gasteiger partial charge in [-0.2, -0.15) is 0 Å². The molecule has 0 bridgehead atoms. The molecule has 4 heteroatoms. The van der Waals surface area contributed by atoms with E-state index >= 15 is 0 Å². The summed E-state index contributed by atoms with van der Waals surface area (Å²) in [5, 5.41) is 0.615. The van der Waals surface area contributed by atoms with Gasteiger partial charge >= 0.3 is 67.7 Å². The van der Waals surface area contributed by atoms with E-state index in [0.29, 0.717) is 5.25 Å². The van der Waals surface area contributed by atoms with Crippen LogP contribution in [0.1, 0.15) is 13.8 Å². The van der Waals surface area contributed by atoms with E-state index in [2.05, 4.69) is 13.8 Å². The topological polar surface area (TPSA) is 0 Å². The Labute approximate surface area is 67.4 Å². The molecule has 0 saturated heterocycles.